The van der Waals surface area contributed by atoms with Crippen LogP contribution in [-0.2, 0) is 0 Å². The van der Waals surface area contributed by atoms with Crippen LogP contribution in [-0.4, -0.2) is 53.7 Å². The number of halogens is 1. The van der Waals surface area contributed by atoms with E-state index in [-0.39, 0.29) is 30.6 Å². The average Bonchev–Trinajstić information content (AvgIpc) is 2.37. The van der Waals surface area contributed by atoms with E-state index in [2.05, 4.69) is 16.8 Å². The summed E-state index contributed by atoms with van der Waals surface area (Å²) in [5.41, 5.74) is 5.99. The standard InChI is InChI=1S/C12H25N3OS.HI/c1-2-3-11(4-7-16)10-14-12(13)15-5-8-17-9-6-15;/h11,16H,2-10H2,1H3,(H2,13,14);1H. The minimum absolute atomic E-state index is 0. The van der Waals surface area contributed by atoms with Gasteiger partial charge in [0.15, 0.2) is 5.96 Å². The van der Waals surface area contributed by atoms with Gasteiger partial charge in [0.2, 0.25) is 0 Å². The lowest BCUT2D eigenvalue weighted by atomic mass is 10.0. The largest absolute Gasteiger partial charge is 0.396 e. The molecule has 1 heterocycles. The fraction of sp³-hybridized carbons (Fsp3) is 0.917. The Balaban J connectivity index is 0.00000289. The molecular formula is C12H26IN3OS. The molecule has 0 bridgehead atoms. The van der Waals surface area contributed by atoms with Gasteiger partial charge in [0.1, 0.15) is 0 Å². The fourth-order valence-corrected chi connectivity index (χ4v) is 2.94. The molecule has 0 aliphatic carbocycles. The van der Waals surface area contributed by atoms with Gasteiger partial charge in [-0.25, -0.2) is 0 Å². The third-order valence-corrected chi connectivity index (χ3v) is 4.02. The van der Waals surface area contributed by atoms with E-state index in [1.165, 1.54) is 0 Å². The molecule has 3 N–H and O–H groups in total. The molecule has 1 fully saturated rings. The maximum absolute atomic E-state index is 8.98. The first-order valence-electron chi connectivity index (χ1n) is 6.51. The van der Waals surface area contributed by atoms with Gasteiger partial charge in [0, 0.05) is 37.7 Å². The fourth-order valence-electron chi connectivity index (χ4n) is 2.03. The number of hydrogen-bond donors (Lipinski definition) is 2. The summed E-state index contributed by atoms with van der Waals surface area (Å²) >= 11 is 1.97. The molecule has 0 aromatic carbocycles. The van der Waals surface area contributed by atoms with Crippen LogP contribution in [0.5, 0.6) is 0 Å². The quantitative estimate of drug-likeness (QED) is 0.414. The zero-order valence-corrected chi connectivity index (χ0v) is 14.3. The molecule has 0 radical (unpaired) electrons. The van der Waals surface area contributed by atoms with Crippen LogP contribution in [0.1, 0.15) is 26.2 Å². The zero-order chi connectivity index (χ0) is 12.5. The van der Waals surface area contributed by atoms with Gasteiger partial charge in [0.25, 0.3) is 0 Å². The molecular weight excluding hydrogens is 361 g/mol. The normalized spacial score (nSPS) is 18.3. The Morgan fingerprint density at radius 3 is 2.61 bits per heavy atom. The topological polar surface area (TPSA) is 61.9 Å². The molecule has 1 saturated heterocycles. The molecule has 6 heteroatoms. The van der Waals surface area contributed by atoms with E-state index in [1.54, 1.807) is 0 Å². The van der Waals surface area contributed by atoms with Crippen LogP contribution in [0.25, 0.3) is 0 Å². The summed E-state index contributed by atoms with van der Waals surface area (Å²) in [7, 11) is 0. The monoisotopic (exact) mass is 387 g/mol. The predicted octanol–water partition coefficient (Wildman–Crippen LogP) is 1.77. The van der Waals surface area contributed by atoms with Crippen molar-refractivity contribution in [3.63, 3.8) is 0 Å². The lowest BCUT2D eigenvalue weighted by Gasteiger charge is -2.27. The third-order valence-electron chi connectivity index (χ3n) is 3.08. The van der Waals surface area contributed by atoms with Crippen LogP contribution in [0.15, 0.2) is 4.99 Å². The first-order valence-corrected chi connectivity index (χ1v) is 7.66. The van der Waals surface area contributed by atoms with Gasteiger partial charge in [0.05, 0.1) is 0 Å². The highest BCUT2D eigenvalue weighted by atomic mass is 127. The zero-order valence-electron chi connectivity index (χ0n) is 11.2. The van der Waals surface area contributed by atoms with Crippen molar-refractivity contribution in [1.82, 2.24) is 4.90 Å². The molecule has 0 spiro atoms. The SMILES string of the molecule is CCCC(CCO)CN=C(N)N1CCSCC1.I. The number of nitrogens with zero attached hydrogens (tertiary/aromatic N) is 2. The molecule has 1 rings (SSSR count). The number of aliphatic imine (C=N–C) groups is 1. The number of aliphatic hydroxyl groups excluding tert-OH is 1. The third kappa shape index (κ3) is 7.04. The van der Waals surface area contributed by atoms with Crippen molar-refractivity contribution in [2.45, 2.75) is 26.2 Å². The van der Waals surface area contributed by atoms with Crippen LogP contribution in [0.2, 0.25) is 0 Å². The van der Waals surface area contributed by atoms with Crippen LogP contribution < -0.4 is 5.73 Å². The second kappa shape index (κ2) is 11.2. The van der Waals surface area contributed by atoms with Gasteiger partial charge in [-0.3, -0.25) is 4.99 Å². The number of thioether (sulfide) groups is 1. The summed E-state index contributed by atoms with van der Waals surface area (Å²) in [6, 6.07) is 0. The minimum Gasteiger partial charge on any atom is -0.396 e. The summed E-state index contributed by atoms with van der Waals surface area (Å²) in [5, 5.41) is 8.98. The van der Waals surface area contributed by atoms with Crippen molar-refractivity contribution < 1.29 is 5.11 Å². The van der Waals surface area contributed by atoms with Gasteiger partial charge in [-0.05, 0) is 18.8 Å². The summed E-state index contributed by atoms with van der Waals surface area (Å²) in [6.07, 6.45) is 3.09. The van der Waals surface area contributed by atoms with E-state index in [0.29, 0.717) is 11.9 Å². The Labute approximate surface area is 132 Å². The average molecular weight is 387 g/mol. The number of nitrogens with two attached hydrogens (primary N) is 1. The lowest BCUT2D eigenvalue weighted by Crippen LogP contribution is -2.42. The Hall–Kier alpha value is 0.310. The molecule has 1 unspecified atom stereocenters. The van der Waals surface area contributed by atoms with Crippen LogP contribution in [0.3, 0.4) is 0 Å². The van der Waals surface area contributed by atoms with Crippen LogP contribution in [0.4, 0.5) is 0 Å². The van der Waals surface area contributed by atoms with E-state index in [4.69, 9.17) is 10.8 Å². The van der Waals surface area contributed by atoms with E-state index in [1.807, 2.05) is 11.8 Å². The van der Waals surface area contributed by atoms with Crippen molar-refractivity contribution in [3.05, 3.63) is 0 Å². The number of rotatable bonds is 6. The Bertz CT molecular complexity index is 229. The summed E-state index contributed by atoms with van der Waals surface area (Å²) in [5.74, 6) is 3.45. The summed E-state index contributed by atoms with van der Waals surface area (Å²) in [6.45, 7) is 5.19. The van der Waals surface area contributed by atoms with Crippen LogP contribution >= 0.6 is 35.7 Å². The smallest absolute Gasteiger partial charge is 0.191 e. The van der Waals surface area contributed by atoms with E-state index in [0.717, 1.165) is 50.4 Å². The molecule has 1 atom stereocenters. The Morgan fingerprint density at radius 1 is 1.39 bits per heavy atom. The maximum Gasteiger partial charge on any atom is 0.191 e. The molecule has 1 aliphatic heterocycles. The summed E-state index contributed by atoms with van der Waals surface area (Å²) in [4.78, 5) is 6.65. The van der Waals surface area contributed by atoms with Crippen molar-refractivity contribution in [2.75, 3.05) is 37.7 Å². The molecule has 108 valence electrons. The maximum atomic E-state index is 8.98. The van der Waals surface area contributed by atoms with E-state index < -0.39 is 0 Å². The van der Waals surface area contributed by atoms with E-state index >= 15 is 0 Å². The molecule has 0 amide bonds. The van der Waals surface area contributed by atoms with Crippen LogP contribution in [0, 0.1) is 5.92 Å². The first kappa shape index (κ1) is 18.3. The molecule has 0 saturated carbocycles. The van der Waals surface area contributed by atoms with E-state index in [9.17, 15) is 0 Å². The molecule has 0 aromatic rings. The Morgan fingerprint density at radius 2 is 2.06 bits per heavy atom. The second-order valence-corrected chi connectivity index (χ2v) is 5.69. The molecule has 0 aromatic heterocycles. The van der Waals surface area contributed by atoms with Gasteiger partial charge in [-0.1, -0.05) is 13.3 Å². The van der Waals surface area contributed by atoms with Gasteiger partial charge < -0.3 is 15.7 Å². The molecule has 1 aliphatic rings. The first-order chi connectivity index (χ1) is 8.27. The highest BCUT2D eigenvalue weighted by Crippen LogP contribution is 2.12. The van der Waals surface area contributed by atoms with Crippen molar-refractivity contribution in [2.24, 2.45) is 16.6 Å². The number of guanidine groups is 1. The van der Waals surface area contributed by atoms with Crippen molar-refractivity contribution in [1.29, 1.82) is 0 Å². The highest BCUT2D eigenvalue weighted by molar-refractivity contribution is 14.0. The summed E-state index contributed by atoms with van der Waals surface area (Å²) < 4.78 is 0. The Kier molecular flexibility index (Phi) is 11.4. The lowest BCUT2D eigenvalue weighted by molar-refractivity contribution is 0.253. The predicted molar refractivity (Wildman–Crippen MR) is 90.9 cm³/mol. The molecule has 4 nitrogen and oxygen atoms in total. The van der Waals surface area contributed by atoms with Gasteiger partial charge >= 0.3 is 0 Å². The van der Waals surface area contributed by atoms with Crippen molar-refractivity contribution >= 4 is 41.7 Å². The minimum atomic E-state index is 0. The molecule has 18 heavy (non-hydrogen) atoms. The van der Waals surface area contributed by atoms with Gasteiger partial charge in [-0.15, -0.1) is 24.0 Å². The van der Waals surface area contributed by atoms with Gasteiger partial charge in [-0.2, -0.15) is 11.8 Å². The number of aliphatic hydroxyl groups is 1. The second-order valence-electron chi connectivity index (χ2n) is 4.47. The van der Waals surface area contributed by atoms with Crippen molar-refractivity contribution in [3.8, 4) is 0 Å². The highest BCUT2D eigenvalue weighted by Gasteiger charge is 2.13. The number of hydrogen-bond acceptors (Lipinski definition) is 3.